The quantitative estimate of drug-likeness (QED) is 0.553. The number of aromatic nitrogens is 2. The van der Waals surface area contributed by atoms with Crippen LogP contribution in [0.3, 0.4) is 0 Å². The Morgan fingerprint density at radius 2 is 1.76 bits per heavy atom. The first-order chi connectivity index (χ1) is 13.7. The van der Waals surface area contributed by atoms with Gasteiger partial charge in [-0.3, -0.25) is 0 Å². The summed E-state index contributed by atoms with van der Waals surface area (Å²) >= 11 is 6.02. The van der Waals surface area contributed by atoms with Crippen LogP contribution < -0.4 is 5.32 Å². The molecule has 29 heavy (non-hydrogen) atoms. The average Bonchev–Trinajstić information content (AvgIpc) is 3.03. The van der Waals surface area contributed by atoms with Crippen molar-refractivity contribution in [1.29, 1.82) is 0 Å². The van der Waals surface area contributed by atoms with Crippen LogP contribution >= 0.6 is 11.6 Å². The third-order valence-electron chi connectivity index (χ3n) is 4.31. The van der Waals surface area contributed by atoms with Crippen LogP contribution in [0, 0.1) is 13.8 Å². The van der Waals surface area contributed by atoms with Gasteiger partial charge in [-0.2, -0.15) is 0 Å². The summed E-state index contributed by atoms with van der Waals surface area (Å²) in [5, 5.41) is 18.9. The van der Waals surface area contributed by atoms with Crippen molar-refractivity contribution in [3.05, 3.63) is 70.4 Å². The number of halogens is 1. The summed E-state index contributed by atoms with van der Waals surface area (Å²) in [6, 6.07) is 14.3. The van der Waals surface area contributed by atoms with E-state index >= 15 is 0 Å². The molecule has 0 bridgehead atoms. The second-order valence-corrected chi connectivity index (χ2v) is 6.86. The standard InChI is InChI=1S/C19H20ClN3.C2H2O4/c1-13-7-8-16(9-14(13)2)18-12-22-19(23(18)3)21-11-15-5-4-6-17(20)10-15;3-1(4)2(5)6/h4-10,12H,11H2,1-3H3,(H,21,22);(H,3,4)(H,5,6). The first kappa shape index (κ1) is 22.0. The van der Waals surface area contributed by atoms with Crippen LogP contribution in [0.1, 0.15) is 16.7 Å². The molecule has 152 valence electrons. The summed E-state index contributed by atoms with van der Waals surface area (Å²) in [6.07, 6.45) is 1.91. The van der Waals surface area contributed by atoms with Gasteiger partial charge in [0, 0.05) is 24.2 Å². The van der Waals surface area contributed by atoms with Crippen molar-refractivity contribution in [2.45, 2.75) is 20.4 Å². The highest BCUT2D eigenvalue weighted by atomic mass is 35.5. The summed E-state index contributed by atoms with van der Waals surface area (Å²) in [6.45, 7) is 4.95. The third-order valence-corrected chi connectivity index (χ3v) is 4.55. The number of nitrogens with zero attached hydrogens (tertiary/aromatic N) is 2. The minimum atomic E-state index is -1.82. The van der Waals surface area contributed by atoms with E-state index in [0.717, 1.165) is 22.2 Å². The van der Waals surface area contributed by atoms with E-state index in [0.29, 0.717) is 6.54 Å². The lowest BCUT2D eigenvalue weighted by molar-refractivity contribution is -0.159. The molecule has 7 nitrogen and oxygen atoms in total. The number of carboxylic acids is 2. The largest absolute Gasteiger partial charge is 0.473 e. The summed E-state index contributed by atoms with van der Waals surface area (Å²) in [5.41, 5.74) is 6.00. The molecule has 0 saturated heterocycles. The molecule has 3 N–H and O–H groups in total. The highest BCUT2D eigenvalue weighted by Crippen LogP contribution is 2.24. The maximum atomic E-state index is 9.10. The Balaban J connectivity index is 0.000000438. The Labute approximate surface area is 173 Å². The Morgan fingerprint density at radius 1 is 1.07 bits per heavy atom. The molecule has 3 aromatic rings. The minimum absolute atomic E-state index is 0.692. The van der Waals surface area contributed by atoms with Gasteiger partial charge in [-0.15, -0.1) is 0 Å². The first-order valence-corrected chi connectivity index (χ1v) is 9.10. The molecule has 0 aliphatic carbocycles. The van der Waals surface area contributed by atoms with Crippen molar-refractivity contribution in [1.82, 2.24) is 9.55 Å². The fourth-order valence-electron chi connectivity index (χ4n) is 2.57. The number of nitrogens with one attached hydrogen (secondary N) is 1. The van der Waals surface area contributed by atoms with E-state index < -0.39 is 11.9 Å². The summed E-state index contributed by atoms with van der Waals surface area (Å²) < 4.78 is 2.08. The van der Waals surface area contributed by atoms with Gasteiger partial charge in [-0.25, -0.2) is 14.6 Å². The zero-order valence-electron chi connectivity index (χ0n) is 16.3. The van der Waals surface area contributed by atoms with Crippen molar-refractivity contribution in [2.75, 3.05) is 5.32 Å². The predicted molar refractivity (Wildman–Crippen MR) is 112 cm³/mol. The molecule has 0 atom stereocenters. The topological polar surface area (TPSA) is 104 Å². The second kappa shape index (κ2) is 9.75. The highest BCUT2D eigenvalue weighted by Gasteiger charge is 2.09. The van der Waals surface area contributed by atoms with Gasteiger partial charge in [0.15, 0.2) is 0 Å². The first-order valence-electron chi connectivity index (χ1n) is 8.73. The van der Waals surface area contributed by atoms with Gasteiger partial charge >= 0.3 is 11.9 Å². The molecule has 0 radical (unpaired) electrons. The fourth-order valence-corrected chi connectivity index (χ4v) is 2.78. The molecule has 0 fully saturated rings. The maximum absolute atomic E-state index is 9.10. The molecule has 0 amide bonds. The van der Waals surface area contributed by atoms with Crippen molar-refractivity contribution in [3.63, 3.8) is 0 Å². The molecule has 0 saturated carbocycles. The predicted octanol–water partition coefficient (Wildman–Crippen LogP) is 4.13. The molecule has 1 aromatic heterocycles. The van der Waals surface area contributed by atoms with Gasteiger partial charge < -0.3 is 20.1 Å². The smallest absolute Gasteiger partial charge is 0.414 e. The number of anilines is 1. The number of rotatable bonds is 4. The zero-order chi connectivity index (χ0) is 21.6. The van der Waals surface area contributed by atoms with Gasteiger partial charge in [-0.1, -0.05) is 35.9 Å². The normalized spacial score (nSPS) is 10.1. The minimum Gasteiger partial charge on any atom is -0.473 e. The van der Waals surface area contributed by atoms with Gasteiger partial charge in [-0.05, 0) is 48.7 Å². The third kappa shape index (κ3) is 6.08. The van der Waals surface area contributed by atoms with E-state index in [-0.39, 0.29) is 0 Å². The second-order valence-electron chi connectivity index (χ2n) is 6.42. The molecular formula is C21H22ClN3O4. The molecule has 3 rings (SSSR count). The molecule has 2 aromatic carbocycles. The molecule has 0 spiro atoms. The summed E-state index contributed by atoms with van der Waals surface area (Å²) in [5.74, 6) is -2.80. The lowest BCUT2D eigenvalue weighted by Gasteiger charge is -2.10. The maximum Gasteiger partial charge on any atom is 0.414 e. The fraction of sp³-hybridized carbons (Fsp3) is 0.190. The molecule has 8 heteroatoms. The van der Waals surface area contributed by atoms with E-state index in [9.17, 15) is 0 Å². The number of hydrogen-bond donors (Lipinski definition) is 3. The van der Waals surface area contributed by atoms with Crippen molar-refractivity contribution in [2.24, 2.45) is 7.05 Å². The Bertz CT molecular complexity index is 1020. The molecular weight excluding hydrogens is 394 g/mol. The molecule has 0 aliphatic rings. The summed E-state index contributed by atoms with van der Waals surface area (Å²) in [4.78, 5) is 22.7. The number of aryl methyl sites for hydroxylation is 2. The van der Waals surface area contributed by atoms with Gasteiger partial charge in [0.2, 0.25) is 5.95 Å². The Morgan fingerprint density at radius 3 is 2.34 bits per heavy atom. The van der Waals surface area contributed by atoms with Crippen molar-refractivity contribution >= 4 is 29.5 Å². The van der Waals surface area contributed by atoms with Gasteiger partial charge in [0.1, 0.15) is 0 Å². The average molecular weight is 416 g/mol. The van der Waals surface area contributed by atoms with Crippen molar-refractivity contribution < 1.29 is 19.8 Å². The number of imidazole rings is 1. The van der Waals surface area contributed by atoms with Crippen molar-refractivity contribution in [3.8, 4) is 11.3 Å². The van der Waals surface area contributed by atoms with Crippen LogP contribution in [0.5, 0.6) is 0 Å². The van der Waals surface area contributed by atoms with Gasteiger partial charge in [0.05, 0.1) is 11.9 Å². The lowest BCUT2D eigenvalue weighted by atomic mass is 10.0. The highest BCUT2D eigenvalue weighted by molar-refractivity contribution is 6.30. The van der Waals surface area contributed by atoms with Crippen LogP contribution in [0.25, 0.3) is 11.3 Å². The van der Waals surface area contributed by atoms with Crippen LogP contribution in [0.4, 0.5) is 5.95 Å². The van der Waals surface area contributed by atoms with Crippen LogP contribution in [0.15, 0.2) is 48.7 Å². The molecule has 0 aliphatic heterocycles. The number of benzene rings is 2. The Hall–Kier alpha value is -3.32. The van der Waals surface area contributed by atoms with Crippen LogP contribution in [-0.4, -0.2) is 31.7 Å². The van der Waals surface area contributed by atoms with E-state index in [1.54, 1.807) is 0 Å². The molecule has 1 heterocycles. The number of hydrogen-bond acceptors (Lipinski definition) is 4. The van der Waals surface area contributed by atoms with Crippen LogP contribution in [0.2, 0.25) is 5.02 Å². The number of carboxylic acid groups (broad SMARTS) is 2. The summed E-state index contributed by atoms with van der Waals surface area (Å²) in [7, 11) is 2.03. The van der Waals surface area contributed by atoms with E-state index in [4.69, 9.17) is 31.4 Å². The van der Waals surface area contributed by atoms with E-state index in [2.05, 4.69) is 46.9 Å². The zero-order valence-corrected chi connectivity index (χ0v) is 17.1. The lowest BCUT2D eigenvalue weighted by Crippen LogP contribution is -2.09. The van der Waals surface area contributed by atoms with E-state index in [1.807, 2.05) is 37.5 Å². The Kier molecular flexibility index (Phi) is 7.39. The van der Waals surface area contributed by atoms with Crippen LogP contribution in [-0.2, 0) is 23.2 Å². The SMILES string of the molecule is Cc1ccc(-c2cnc(NCc3cccc(Cl)c3)n2C)cc1C.O=C(O)C(=O)O. The monoisotopic (exact) mass is 415 g/mol. The molecule has 0 unspecified atom stereocenters. The number of carbonyl (C=O) groups is 2. The van der Waals surface area contributed by atoms with Gasteiger partial charge in [0.25, 0.3) is 0 Å². The van der Waals surface area contributed by atoms with E-state index in [1.165, 1.54) is 16.7 Å². The number of aliphatic carboxylic acids is 2.